The lowest BCUT2D eigenvalue weighted by Crippen LogP contribution is -2.24. The maximum atomic E-state index is 12.8. The van der Waals surface area contributed by atoms with Crippen LogP contribution < -0.4 is 14.8 Å². The third kappa shape index (κ3) is 4.39. The van der Waals surface area contributed by atoms with Crippen LogP contribution >= 0.6 is 11.6 Å². The second-order valence-electron chi connectivity index (χ2n) is 6.33. The molecule has 0 spiro atoms. The summed E-state index contributed by atoms with van der Waals surface area (Å²) in [5, 5.41) is 6.95. The number of ether oxygens (including phenoxy) is 2. The highest BCUT2D eigenvalue weighted by molar-refractivity contribution is 6.22. The average molecular weight is 403 g/mol. The van der Waals surface area contributed by atoms with Crippen LogP contribution in [-0.4, -0.2) is 30.2 Å². The Labute approximate surface area is 169 Å². The van der Waals surface area contributed by atoms with Crippen LogP contribution in [0, 0.1) is 6.92 Å². The predicted octanol–water partition coefficient (Wildman–Crippen LogP) is 4.27. The average Bonchev–Trinajstić information content (AvgIpc) is 3.09. The van der Waals surface area contributed by atoms with Crippen LogP contribution in [0.4, 0.5) is 0 Å². The van der Waals surface area contributed by atoms with Crippen LogP contribution in [0.25, 0.3) is 5.57 Å². The Morgan fingerprint density at radius 3 is 2.89 bits per heavy atom. The van der Waals surface area contributed by atoms with Crippen molar-refractivity contribution < 1.29 is 18.8 Å². The molecule has 1 atom stereocenters. The summed E-state index contributed by atoms with van der Waals surface area (Å²) in [7, 11) is 1.59. The van der Waals surface area contributed by atoms with Gasteiger partial charge in [0, 0.05) is 12.1 Å². The molecule has 0 radical (unpaired) electrons. The van der Waals surface area contributed by atoms with Crippen molar-refractivity contribution in [2.24, 2.45) is 0 Å². The molecule has 1 heterocycles. The molecule has 1 N–H and O–H groups in total. The Hall–Kier alpha value is -2.73. The molecule has 0 bridgehead atoms. The van der Waals surface area contributed by atoms with Crippen molar-refractivity contribution in [3.05, 3.63) is 59.0 Å². The van der Waals surface area contributed by atoms with Crippen molar-refractivity contribution in [1.29, 1.82) is 0 Å². The Morgan fingerprint density at radius 2 is 2.21 bits per heavy atom. The van der Waals surface area contributed by atoms with Gasteiger partial charge in [-0.3, -0.25) is 4.79 Å². The van der Waals surface area contributed by atoms with Crippen LogP contribution in [0.5, 0.6) is 11.5 Å². The van der Waals surface area contributed by atoms with Crippen LogP contribution in [0.2, 0.25) is 0 Å². The zero-order chi connectivity index (χ0) is 20.1. The molecule has 0 saturated heterocycles. The van der Waals surface area contributed by atoms with E-state index in [2.05, 4.69) is 10.5 Å². The topological polar surface area (TPSA) is 73.6 Å². The third-order valence-electron chi connectivity index (χ3n) is 4.39. The molecule has 28 heavy (non-hydrogen) atoms. The van der Waals surface area contributed by atoms with Crippen LogP contribution in [0.1, 0.15) is 40.7 Å². The molecule has 6 nitrogen and oxygen atoms in total. The molecule has 1 aliphatic rings. The fraction of sp³-hybridized carbons (Fsp3) is 0.333. The lowest BCUT2D eigenvalue weighted by molar-refractivity contribution is 0.0949. The highest BCUT2D eigenvalue weighted by atomic mass is 35.5. The number of aryl methyl sites for hydroxylation is 1. The van der Waals surface area contributed by atoms with E-state index in [0.717, 1.165) is 11.1 Å². The van der Waals surface area contributed by atoms with Crippen molar-refractivity contribution in [2.75, 3.05) is 13.7 Å². The monoisotopic (exact) mass is 402 g/mol. The van der Waals surface area contributed by atoms with Crippen LogP contribution in [0.15, 0.2) is 41.0 Å². The van der Waals surface area contributed by atoms with Gasteiger partial charge in [0.15, 0.2) is 11.5 Å². The number of hydrogen-bond donors (Lipinski definition) is 1. The Morgan fingerprint density at radius 1 is 1.39 bits per heavy atom. The smallest absolute Gasteiger partial charge is 0.257 e. The number of hydrogen-bond acceptors (Lipinski definition) is 5. The molecule has 1 aliphatic carbocycles. The number of amides is 1. The molecule has 0 saturated carbocycles. The first-order valence-corrected chi connectivity index (χ1v) is 9.54. The van der Waals surface area contributed by atoms with Crippen molar-refractivity contribution in [2.45, 2.75) is 32.2 Å². The van der Waals surface area contributed by atoms with Crippen LogP contribution in [-0.2, 0) is 6.54 Å². The number of allylic oxidation sites excluding steroid dienone is 4. The Balaban J connectivity index is 1.74. The summed E-state index contributed by atoms with van der Waals surface area (Å²) in [6, 6.07) is 5.57. The second-order valence-corrected chi connectivity index (χ2v) is 6.89. The van der Waals surface area contributed by atoms with E-state index in [0.29, 0.717) is 48.1 Å². The van der Waals surface area contributed by atoms with Crippen LogP contribution in [0.3, 0.4) is 0 Å². The maximum Gasteiger partial charge on any atom is 0.257 e. The summed E-state index contributed by atoms with van der Waals surface area (Å²) in [6.45, 7) is 4.53. The number of rotatable bonds is 7. The van der Waals surface area contributed by atoms with Gasteiger partial charge in [-0.2, -0.15) is 0 Å². The van der Waals surface area contributed by atoms with Crippen molar-refractivity contribution >= 4 is 23.1 Å². The number of nitrogens with zero attached hydrogens (tertiary/aromatic N) is 1. The van der Waals surface area contributed by atoms with E-state index >= 15 is 0 Å². The van der Waals surface area contributed by atoms with E-state index in [9.17, 15) is 4.79 Å². The molecule has 1 amide bonds. The number of halogens is 1. The summed E-state index contributed by atoms with van der Waals surface area (Å²) in [6.07, 6.45) is 6.40. The first kappa shape index (κ1) is 20.0. The van der Waals surface area contributed by atoms with E-state index in [4.69, 9.17) is 25.6 Å². The lowest BCUT2D eigenvalue weighted by atomic mass is 10.00. The minimum atomic E-state index is -0.246. The first-order chi connectivity index (χ1) is 13.5. The summed E-state index contributed by atoms with van der Waals surface area (Å²) in [5.41, 5.74) is 2.69. The number of carbonyl (C=O) groups is 1. The molecule has 2 aromatic rings. The molecular weight excluding hydrogens is 380 g/mol. The normalized spacial score (nSPS) is 15.9. The van der Waals surface area contributed by atoms with Crippen molar-refractivity contribution in [3.63, 3.8) is 0 Å². The number of carbonyl (C=O) groups excluding carboxylic acids is 1. The molecule has 1 aromatic carbocycles. The highest BCUT2D eigenvalue weighted by Crippen LogP contribution is 2.29. The molecular formula is C21H23ClN2O4. The number of aromatic nitrogens is 1. The molecule has 3 rings (SSSR count). The second kappa shape index (κ2) is 8.97. The van der Waals surface area contributed by atoms with Gasteiger partial charge in [-0.05, 0) is 38.0 Å². The van der Waals surface area contributed by atoms with Gasteiger partial charge in [0.25, 0.3) is 5.91 Å². The van der Waals surface area contributed by atoms with Gasteiger partial charge >= 0.3 is 0 Å². The molecule has 0 aliphatic heterocycles. The number of methoxy groups -OCH3 is 1. The third-order valence-corrected chi connectivity index (χ3v) is 4.72. The van der Waals surface area contributed by atoms with Gasteiger partial charge in [0.1, 0.15) is 17.0 Å². The van der Waals surface area contributed by atoms with E-state index in [-0.39, 0.29) is 11.3 Å². The summed E-state index contributed by atoms with van der Waals surface area (Å²) in [4.78, 5) is 12.8. The van der Waals surface area contributed by atoms with Gasteiger partial charge in [-0.1, -0.05) is 29.5 Å². The molecule has 0 fully saturated rings. The molecule has 148 valence electrons. The molecule has 1 unspecified atom stereocenters. The highest BCUT2D eigenvalue weighted by Gasteiger charge is 2.23. The van der Waals surface area contributed by atoms with Crippen molar-refractivity contribution in [1.82, 2.24) is 10.5 Å². The van der Waals surface area contributed by atoms with E-state index in [1.807, 2.05) is 43.4 Å². The number of benzene rings is 1. The summed E-state index contributed by atoms with van der Waals surface area (Å²) < 4.78 is 16.1. The maximum absolute atomic E-state index is 12.8. The quantitative estimate of drug-likeness (QED) is 0.700. The Kier molecular flexibility index (Phi) is 6.41. The van der Waals surface area contributed by atoms with Gasteiger partial charge in [0.2, 0.25) is 0 Å². The van der Waals surface area contributed by atoms with Gasteiger partial charge in [0.05, 0.1) is 19.1 Å². The Bertz CT molecular complexity index is 917. The minimum Gasteiger partial charge on any atom is -0.493 e. The predicted molar refractivity (Wildman–Crippen MR) is 108 cm³/mol. The standard InChI is InChI=1S/C21H23ClN2O4/c1-4-27-17-10-5-14(11-18(17)26-3)12-23-21(25)19-13(2)28-24-20(19)15-6-8-16(22)9-7-15/h5-8,10-11,16H,4,9,12H2,1-3H3,(H,23,25). The largest absolute Gasteiger partial charge is 0.493 e. The first-order valence-electron chi connectivity index (χ1n) is 9.10. The molecule has 1 aromatic heterocycles. The van der Waals surface area contributed by atoms with Gasteiger partial charge in [-0.25, -0.2) is 0 Å². The van der Waals surface area contributed by atoms with Crippen molar-refractivity contribution in [3.8, 4) is 11.5 Å². The number of nitrogens with one attached hydrogen (secondary N) is 1. The number of alkyl halides is 1. The fourth-order valence-corrected chi connectivity index (χ4v) is 3.14. The minimum absolute atomic E-state index is 0.0383. The zero-order valence-corrected chi connectivity index (χ0v) is 16.9. The van der Waals surface area contributed by atoms with E-state index in [1.165, 1.54) is 0 Å². The zero-order valence-electron chi connectivity index (χ0n) is 16.1. The molecule has 7 heteroatoms. The van der Waals surface area contributed by atoms with Gasteiger partial charge < -0.3 is 19.3 Å². The summed E-state index contributed by atoms with van der Waals surface area (Å²) >= 11 is 6.08. The van der Waals surface area contributed by atoms with E-state index in [1.54, 1.807) is 14.0 Å². The summed E-state index contributed by atoms with van der Waals surface area (Å²) in [5.74, 6) is 1.53. The fourth-order valence-electron chi connectivity index (χ4n) is 2.97. The van der Waals surface area contributed by atoms with E-state index < -0.39 is 0 Å². The SMILES string of the molecule is CCOc1ccc(CNC(=O)c2c(C3=CCC(Cl)C=C3)noc2C)cc1OC. The lowest BCUT2D eigenvalue weighted by Gasteiger charge is -2.12. The van der Waals surface area contributed by atoms with Gasteiger partial charge in [-0.15, -0.1) is 11.6 Å².